The molecule has 0 radical (unpaired) electrons. The van der Waals surface area contributed by atoms with Crippen molar-refractivity contribution in [2.45, 2.75) is 270 Å². The zero-order valence-electron chi connectivity index (χ0n) is 67.3. The van der Waals surface area contributed by atoms with Crippen LogP contribution in [0.3, 0.4) is 0 Å². The summed E-state index contributed by atoms with van der Waals surface area (Å²) in [6.45, 7) is 20.1. The lowest BCUT2D eigenvalue weighted by Crippen LogP contribution is -2.71. The quantitative estimate of drug-likeness (QED) is 0.170. The summed E-state index contributed by atoms with van der Waals surface area (Å²) in [5, 5.41) is 9.20. The van der Waals surface area contributed by atoms with Gasteiger partial charge in [-0.15, -0.1) is 0 Å². The van der Waals surface area contributed by atoms with Crippen LogP contribution in [0.5, 0.6) is 0 Å². The van der Waals surface area contributed by atoms with Crippen LogP contribution < -0.4 is 16.0 Å². The first kappa shape index (κ1) is 85.5. The minimum Gasteiger partial charge on any atom is -0.377 e. The van der Waals surface area contributed by atoms with Crippen LogP contribution in [0, 0.1) is 46.8 Å². The molecule has 2 bridgehead atoms. The normalized spacial score (nSPS) is 32.5. The zero-order chi connectivity index (χ0) is 77.9. The second-order valence-corrected chi connectivity index (χ2v) is 33.8. The number of rotatable bonds is 15. The number of fused-ring (bicyclic) bond motifs is 4. The number of amides is 12. The number of likely N-dealkylation sites (N-methyl/N-ethyl adjacent to an activating group) is 7. The highest BCUT2D eigenvalue weighted by atomic mass is 16.5. The largest absolute Gasteiger partial charge is 0.377 e. The van der Waals surface area contributed by atoms with Crippen LogP contribution in [-0.4, -0.2) is 289 Å². The van der Waals surface area contributed by atoms with Gasteiger partial charge in [-0.3, -0.25) is 57.5 Å². The summed E-state index contributed by atoms with van der Waals surface area (Å²) in [6.07, 6.45) is 13.0. The van der Waals surface area contributed by atoms with Crippen molar-refractivity contribution in [3.8, 4) is 0 Å². The number of hydrogen-bond acceptors (Lipinski definition) is 14. The Kier molecular flexibility index (Phi) is 30.5. The highest BCUT2D eigenvalue weighted by Gasteiger charge is 2.59. The molecule has 0 aromatic rings. The molecular formula is C79H133N13O13. The molecule has 0 aromatic heterocycles. The average molecular weight is 1470 g/mol. The second kappa shape index (κ2) is 37.4. The van der Waals surface area contributed by atoms with E-state index in [-0.39, 0.29) is 70.1 Å². The number of nitrogens with one attached hydrogen (secondary N) is 3. The summed E-state index contributed by atoms with van der Waals surface area (Å²) in [4.78, 5) is 197. The lowest BCUT2D eigenvalue weighted by atomic mass is 9.58. The summed E-state index contributed by atoms with van der Waals surface area (Å²) in [6, 6.07) is -9.06. The van der Waals surface area contributed by atoms with Crippen molar-refractivity contribution in [2.75, 3.05) is 103 Å². The molecule has 4 heterocycles. The standard InChI is InChI=1S/C79H133N13O13/c1-20-28-58-69(96)81-67(50(7)21-2)75(102)86(15)46-66(95)88(17)59-29-26-25-27-38-91(74(59)101)63(40-52-32-30-49(6)31-33-52)73(100)85(14)45-64(93)80-57(37-35-53-34-36-56-51(8)43-84(13)60(56)39-53)71(98)92-44-55(105-24-5)41-61(92)70(97)82-79(47-78(9,10)48-79)77(104)90(19)68(54(22-3)23-4)76(103)89(18)62(72(99)83(11)12)42-65(94)87(58)16/h25-26,49-63,67-68H,20-24,27-48H2,1-19H3,(H,80,93)(H,81,96)(H,82,97)/b26-25-/t49?,50-,51?,52?,53?,55+,56?,57-,58-,59-,60?,61-,62-,63-,67-,68-/m0/s1. The molecular weight excluding hydrogens is 1340 g/mol. The van der Waals surface area contributed by atoms with Crippen molar-refractivity contribution < 1.29 is 62.3 Å². The van der Waals surface area contributed by atoms with Crippen LogP contribution >= 0.6 is 0 Å². The van der Waals surface area contributed by atoms with Gasteiger partial charge in [0.25, 0.3) is 0 Å². The van der Waals surface area contributed by atoms with Crippen LogP contribution in [0.1, 0.15) is 204 Å². The van der Waals surface area contributed by atoms with Crippen LogP contribution in [0.2, 0.25) is 0 Å². The van der Waals surface area contributed by atoms with Crippen LogP contribution in [-0.2, 0) is 62.3 Å². The van der Waals surface area contributed by atoms with E-state index in [1.807, 2.05) is 60.6 Å². The van der Waals surface area contributed by atoms with Crippen molar-refractivity contribution >= 4 is 70.9 Å². The first-order valence-electron chi connectivity index (χ1n) is 39.7. The Morgan fingerprint density at radius 3 is 1.90 bits per heavy atom. The molecule has 26 nitrogen and oxygen atoms in total. The van der Waals surface area contributed by atoms with E-state index in [0.717, 1.165) is 51.5 Å². The molecule has 26 heteroatoms. The summed E-state index contributed by atoms with van der Waals surface area (Å²) >= 11 is 0. The number of hydrogen-bond donors (Lipinski definition) is 3. The Morgan fingerprint density at radius 1 is 0.638 bits per heavy atom. The van der Waals surface area contributed by atoms with E-state index >= 15 is 33.6 Å². The lowest BCUT2D eigenvalue weighted by molar-refractivity contribution is -0.161. The Hall–Kier alpha value is -6.70. The highest BCUT2D eigenvalue weighted by Crippen LogP contribution is 2.50. The Balaban J connectivity index is 1.33. The predicted octanol–water partition coefficient (Wildman–Crippen LogP) is 5.55. The van der Waals surface area contributed by atoms with Gasteiger partial charge in [-0.05, 0) is 125 Å². The first-order valence-corrected chi connectivity index (χ1v) is 39.7. The third-order valence-electron chi connectivity index (χ3n) is 25.2. The van der Waals surface area contributed by atoms with E-state index in [9.17, 15) is 24.0 Å². The van der Waals surface area contributed by atoms with Crippen molar-refractivity contribution in [1.82, 2.24) is 64.9 Å². The number of ether oxygens (including phenoxy) is 1. The van der Waals surface area contributed by atoms with Gasteiger partial charge in [-0.2, -0.15) is 0 Å². The number of nitrogens with zero attached hydrogens (tertiary/aromatic N) is 10. The van der Waals surface area contributed by atoms with Gasteiger partial charge in [0.1, 0.15) is 53.9 Å². The number of likely N-dealkylation sites (tertiary alicyclic amines) is 1. The first-order chi connectivity index (χ1) is 49.5. The maximum Gasteiger partial charge on any atom is 0.248 e. The fraction of sp³-hybridized carbons (Fsp3) is 0.823. The van der Waals surface area contributed by atoms with Gasteiger partial charge in [0.05, 0.1) is 25.6 Å². The fourth-order valence-electron chi connectivity index (χ4n) is 18.7. The number of carbonyl (C=O) groups excluding carboxylic acids is 12. The van der Waals surface area contributed by atoms with Crippen LogP contribution in [0.25, 0.3) is 0 Å². The Morgan fingerprint density at radius 2 is 1.29 bits per heavy atom. The molecule has 6 fully saturated rings. The topological polar surface area (TPSA) is 283 Å². The van der Waals surface area contributed by atoms with Crippen molar-refractivity contribution in [3.63, 3.8) is 0 Å². The molecule has 4 aliphatic heterocycles. The highest BCUT2D eigenvalue weighted by molar-refractivity contribution is 6.01. The summed E-state index contributed by atoms with van der Waals surface area (Å²) in [5.41, 5.74) is -2.04. The average Bonchev–Trinajstić information content (AvgIpc) is 0.843. The SMILES string of the molecule is CCC[C@H]1C(=O)N[C@@H]([C@@H](C)CC)C(=O)N(C)CC(=O)N(C)[C@H]2C/C=C\CCN(C2=O)[C@@H](CC2CCC(C)CC2)C(=O)N(C)CC(=O)N[C@@H](CCC2CCC3C(C)CN(C)C3C2)C(=O)N2C[C@H](OCC)C[C@H]2C(=O)NC2(CC(C)(C)C2)C(=O)N(C)[C@@H](C(CC)CC)C(=O)N(C)[C@H](C(=O)N(C)C)CC(=O)N1C. The van der Waals surface area contributed by atoms with Crippen LogP contribution in [0.4, 0.5) is 0 Å². The number of carbonyl (C=O) groups is 12. The minimum absolute atomic E-state index is 0.00286. The maximum absolute atomic E-state index is 15.9. The van der Waals surface area contributed by atoms with Gasteiger partial charge in [0.2, 0.25) is 70.9 Å². The van der Waals surface area contributed by atoms with E-state index in [1.54, 1.807) is 11.8 Å². The molecule has 3 N–H and O–H groups in total. The van der Waals surface area contributed by atoms with E-state index in [1.165, 1.54) is 95.6 Å². The molecule has 7 aliphatic rings. The molecule has 592 valence electrons. The maximum atomic E-state index is 15.9. The third kappa shape index (κ3) is 20.4. The fourth-order valence-corrected chi connectivity index (χ4v) is 18.7. The molecule has 12 amide bonds. The van der Waals surface area contributed by atoms with Gasteiger partial charge < -0.3 is 69.7 Å². The van der Waals surface area contributed by atoms with Gasteiger partial charge >= 0.3 is 0 Å². The van der Waals surface area contributed by atoms with E-state index in [2.05, 4.69) is 41.7 Å². The monoisotopic (exact) mass is 1470 g/mol. The molecule has 7 rings (SSSR count). The molecule has 1 spiro atoms. The third-order valence-corrected chi connectivity index (χ3v) is 25.2. The predicted molar refractivity (Wildman–Crippen MR) is 402 cm³/mol. The molecule has 105 heavy (non-hydrogen) atoms. The molecule has 14 atom stereocenters. The van der Waals surface area contributed by atoms with Crippen molar-refractivity contribution in [3.05, 3.63) is 12.2 Å². The van der Waals surface area contributed by atoms with E-state index < -0.39 is 168 Å². The van der Waals surface area contributed by atoms with Gasteiger partial charge in [0.15, 0.2) is 0 Å². The Bertz CT molecular complexity index is 3110. The lowest BCUT2D eigenvalue weighted by Gasteiger charge is -2.54. The summed E-state index contributed by atoms with van der Waals surface area (Å²) in [7, 11) is 14.1. The molecule has 0 aromatic carbocycles. The molecule has 4 unspecified atom stereocenters. The minimum atomic E-state index is -1.57. The molecule has 3 saturated carbocycles. The van der Waals surface area contributed by atoms with Gasteiger partial charge in [-0.1, -0.05) is 132 Å². The van der Waals surface area contributed by atoms with Gasteiger partial charge in [-0.25, -0.2) is 0 Å². The van der Waals surface area contributed by atoms with Crippen LogP contribution in [0.15, 0.2) is 12.2 Å². The Labute approximate surface area is 627 Å². The van der Waals surface area contributed by atoms with Crippen molar-refractivity contribution in [2.24, 2.45) is 46.8 Å². The van der Waals surface area contributed by atoms with E-state index in [4.69, 9.17) is 4.74 Å². The summed E-state index contributed by atoms with van der Waals surface area (Å²) < 4.78 is 6.23. The zero-order valence-corrected chi connectivity index (χ0v) is 67.3. The second-order valence-electron chi connectivity index (χ2n) is 33.8. The van der Waals surface area contributed by atoms with Gasteiger partial charge in [0, 0.05) is 95.1 Å². The molecule has 3 saturated heterocycles. The smallest absolute Gasteiger partial charge is 0.248 e. The molecule has 3 aliphatic carbocycles. The van der Waals surface area contributed by atoms with Crippen molar-refractivity contribution in [1.29, 1.82) is 0 Å². The summed E-state index contributed by atoms with van der Waals surface area (Å²) in [5.74, 6) is -5.98. The van der Waals surface area contributed by atoms with E-state index in [0.29, 0.717) is 68.7 Å².